The Labute approximate surface area is 182 Å². The highest BCUT2D eigenvalue weighted by Gasteiger charge is 2.37. The Hall–Kier alpha value is -3.29. The second kappa shape index (κ2) is 8.92. The highest BCUT2D eigenvalue weighted by atomic mass is 19.4. The van der Waals surface area contributed by atoms with Gasteiger partial charge in [0.2, 0.25) is 0 Å². The van der Waals surface area contributed by atoms with Crippen LogP contribution in [0, 0.1) is 0 Å². The summed E-state index contributed by atoms with van der Waals surface area (Å²) in [7, 11) is 0. The second-order valence-corrected chi connectivity index (χ2v) is 7.34. The molecule has 0 saturated carbocycles. The Balaban J connectivity index is 1.74. The highest BCUT2D eigenvalue weighted by molar-refractivity contribution is 5.74. The van der Waals surface area contributed by atoms with Gasteiger partial charge in [-0.25, -0.2) is 4.79 Å². The number of benzene rings is 1. The zero-order valence-electron chi connectivity index (χ0n) is 16.8. The van der Waals surface area contributed by atoms with Crippen LogP contribution in [0.3, 0.4) is 0 Å². The molecule has 0 radical (unpaired) electrons. The second-order valence-electron chi connectivity index (χ2n) is 7.34. The molecule has 2 aromatic rings. The van der Waals surface area contributed by atoms with E-state index in [1.807, 2.05) is 0 Å². The molecule has 14 heteroatoms. The Morgan fingerprint density at radius 1 is 1.06 bits per heavy atom. The van der Waals surface area contributed by atoms with Crippen molar-refractivity contribution in [1.82, 2.24) is 14.7 Å². The topological polar surface area (TPSA) is 111 Å². The van der Waals surface area contributed by atoms with Crippen molar-refractivity contribution < 1.29 is 45.8 Å². The van der Waals surface area contributed by atoms with Crippen molar-refractivity contribution in [3.05, 3.63) is 52.3 Å². The van der Waals surface area contributed by atoms with E-state index in [2.05, 4.69) is 5.10 Å². The van der Waals surface area contributed by atoms with E-state index in [4.69, 9.17) is 15.6 Å². The number of carboxylic acid groups (broad SMARTS) is 1. The summed E-state index contributed by atoms with van der Waals surface area (Å²) in [6.07, 6.45) is -10.6. The van der Waals surface area contributed by atoms with Crippen molar-refractivity contribution in [2.24, 2.45) is 5.73 Å². The first kappa shape index (κ1) is 24.4. The SMILES string of the molecule is NC(C(=O)O)c1cc2n(n1)CCCN(C(=O)OCc1cc(C(F)(F)F)cc(C(F)(F)F)c1)C2. The quantitative estimate of drug-likeness (QED) is 0.648. The number of carboxylic acids is 1. The minimum Gasteiger partial charge on any atom is -0.480 e. The standard InChI is InChI=1S/C19H18F6N4O4/c20-18(21,22)11-4-10(5-12(6-11)19(23,24)25)9-33-17(32)28-2-1-3-29-13(8-28)7-14(27-29)15(26)16(30)31/h4-7,15H,1-3,8-9,26H2,(H,30,31). The van der Waals surface area contributed by atoms with E-state index in [-0.39, 0.29) is 24.8 Å². The fraction of sp³-hybridized carbons (Fsp3) is 0.421. The molecule has 1 aromatic carbocycles. The molecule has 180 valence electrons. The molecule has 0 saturated heterocycles. The maximum atomic E-state index is 13.0. The predicted molar refractivity (Wildman–Crippen MR) is 98.4 cm³/mol. The molecule has 1 atom stereocenters. The third kappa shape index (κ3) is 5.74. The van der Waals surface area contributed by atoms with Gasteiger partial charge in [0.05, 0.1) is 29.1 Å². The lowest BCUT2D eigenvalue weighted by atomic mass is 10.1. The summed E-state index contributed by atoms with van der Waals surface area (Å²) >= 11 is 0. The summed E-state index contributed by atoms with van der Waals surface area (Å²) in [6.45, 7) is -0.349. The van der Waals surface area contributed by atoms with Gasteiger partial charge in [0, 0.05) is 13.1 Å². The molecular weight excluding hydrogens is 462 g/mol. The lowest BCUT2D eigenvalue weighted by Gasteiger charge is -2.20. The first-order valence-electron chi connectivity index (χ1n) is 9.51. The molecular formula is C19H18F6N4O4. The molecule has 1 amide bonds. The Kier molecular flexibility index (Phi) is 6.58. The van der Waals surface area contributed by atoms with Crippen molar-refractivity contribution in [3.63, 3.8) is 0 Å². The van der Waals surface area contributed by atoms with Crippen molar-refractivity contribution >= 4 is 12.1 Å². The number of halogens is 6. The highest BCUT2D eigenvalue weighted by Crippen LogP contribution is 2.36. The number of hydrogen-bond donors (Lipinski definition) is 2. The monoisotopic (exact) mass is 480 g/mol. The van der Waals surface area contributed by atoms with Gasteiger partial charge in [-0.3, -0.25) is 9.48 Å². The molecule has 0 aliphatic carbocycles. The van der Waals surface area contributed by atoms with E-state index in [1.54, 1.807) is 0 Å². The van der Waals surface area contributed by atoms with Crippen LogP contribution < -0.4 is 5.73 Å². The van der Waals surface area contributed by atoms with Crippen molar-refractivity contribution in [2.45, 2.75) is 44.5 Å². The molecule has 3 rings (SSSR count). The van der Waals surface area contributed by atoms with Crippen LogP contribution in [0.1, 0.15) is 40.5 Å². The van der Waals surface area contributed by atoms with E-state index >= 15 is 0 Å². The van der Waals surface area contributed by atoms with Crippen molar-refractivity contribution in [2.75, 3.05) is 6.54 Å². The Bertz CT molecular complexity index is 1020. The van der Waals surface area contributed by atoms with Gasteiger partial charge in [-0.05, 0) is 36.2 Å². The number of aryl methyl sites for hydroxylation is 1. The lowest BCUT2D eigenvalue weighted by Crippen LogP contribution is -2.31. The number of carbonyl (C=O) groups excluding carboxylic acids is 1. The Morgan fingerprint density at radius 2 is 1.67 bits per heavy atom. The first-order valence-corrected chi connectivity index (χ1v) is 9.51. The number of nitrogens with two attached hydrogens (primary N) is 1. The largest absolute Gasteiger partial charge is 0.480 e. The maximum absolute atomic E-state index is 13.0. The molecule has 1 aliphatic heterocycles. The number of amides is 1. The van der Waals surface area contributed by atoms with Gasteiger partial charge in [-0.1, -0.05) is 0 Å². The summed E-state index contributed by atoms with van der Waals surface area (Å²) in [5.41, 5.74) is 2.58. The number of rotatable bonds is 4. The molecule has 0 spiro atoms. The van der Waals surface area contributed by atoms with Crippen LogP contribution in [0.25, 0.3) is 0 Å². The zero-order valence-corrected chi connectivity index (χ0v) is 16.8. The molecule has 8 nitrogen and oxygen atoms in total. The minimum absolute atomic E-state index is 0.0132. The number of nitrogens with zero attached hydrogens (tertiary/aromatic N) is 3. The minimum atomic E-state index is -5.02. The first-order chi connectivity index (χ1) is 15.3. The van der Waals surface area contributed by atoms with E-state index in [1.165, 1.54) is 15.6 Å². The van der Waals surface area contributed by atoms with Crippen molar-refractivity contribution in [3.8, 4) is 0 Å². The van der Waals surface area contributed by atoms with Crippen LogP contribution in [0.2, 0.25) is 0 Å². The molecule has 1 aliphatic rings. The normalized spacial score (nSPS) is 15.5. The van der Waals surface area contributed by atoms with Gasteiger partial charge < -0.3 is 20.5 Å². The van der Waals surface area contributed by atoms with Crippen LogP contribution >= 0.6 is 0 Å². The molecule has 0 bridgehead atoms. The maximum Gasteiger partial charge on any atom is 0.416 e. The van der Waals surface area contributed by atoms with Gasteiger partial charge in [0.15, 0.2) is 0 Å². The van der Waals surface area contributed by atoms with E-state index < -0.39 is 53.8 Å². The van der Waals surface area contributed by atoms with Gasteiger partial charge >= 0.3 is 24.4 Å². The molecule has 0 fully saturated rings. The zero-order chi connectivity index (χ0) is 24.6. The summed E-state index contributed by atoms with van der Waals surface area (Å²) in [6, 6.07) is 1.00. The number of carbonyl (C=O) groups is 2. The number of aromatic nitrogens is 2. The number of aliphatic carboxylic acids is 1. The van der Waals surface area contributed by atoms with Gasteiger partial charge in [-0.15, -0.1) is 0 Å². The van der Waals surface area contributed by atoms with E-state index in [9.17, 15) is 35.9 Å². The molecule has 1 aromatic heterocycles. The fourth-order valence-corrected chi connectivity index (χ4v) is 3.26. The van der Waals surface area contributed by atoms with E-state index in [0.29, 0.717) is 30.8 Å². The number of ether oxygens (including phenoxy) is 1. The number of hydrogen-bond acceptors (Lipinski definition) is 5. The third-order valence-electron chi connectivity index (χ3n) is 4.89. The van der Waals surface area contributed by atoms with Crippen molar-refractivity contribution in [1.29, 1.82) is 0 Å². The Morgan fingerprint density at radius 3 is 2.21 bits per heavy atom. The average molecular weight is 480 g/mol. The molecule has 33 heavy (non-hydrogen) atoms. The van der Waals surface area contributed by atoms with Crippen LogP contribution in [0.4, 0.5) is 31.1 Å². The molecule has 1 unspecified atom stereocenters. The summed E-state index contributed by atoms with van der Waals surface area (Å²) < 4.78 is 84.3. The van der Waals surface area contributed by atoms with Gasteiger partial charge in [0.25, 0.3) is 0 Å². The van der Waals surface area contributed by atoms with Crippen LogP contribution in [0.15, 0.2) is 24.3 Å². The van der Waals surface area contributed by atoms with Crippen LogP contribution in [-0.2, 0) is 41.6 Å². The summed E-state index contributed by atoms with van der Waals surface area (Å²) in [5.74, 6) is -1.29. The van der Waals surface area contributed by atoms with Gasteiger partial charge in [0.1, 0.15) is 12.6 Å². The smallest absolute Gasteiger partial charge is 0.416 e. The van der Waals surface area contributed by atoms with Gasteiger partial charge in [-0.2, -0.15) is 31.4 Å². The third-order valence-corrected chi connectivity index (χ3v) is 4.89. The van der Waals surface area contributed by atoms with Crippen LogP contribution in [0.5, 0.6) is 0 Å². The number of fused-ring (bicyclic) bond motifs is 1. The molecule has 3 N–H and O–H groups in total. The summed E-state index contributed by atoms with van der Waals surface area (Å²) in [5, 5.41) is 13.1. The van der Waals surface area contributed by atoms with E-state index in [0.717, 1.165) is 0 Å². The summed E-state index contributed by atoms with van der Waals surface area (Å²) in [4.78, 5) is 24.7. The average Bonchev–Trinajstić information content (AvgIpc) is 3.01. The molecule has 2 heterocycles. The predicted octanol–water partition coefficient (Wildman–Crippen LogP) is 3.55. The number of alkyl halides is 6. The fourth-order valence-electron chi connectivity index (χ4n) is 3.26. The van der Waals surface area contributed by atoms with Crippen LogP contribution in [-0.4, -0.2) is 38.4 Å². The lowest BCUT2D eigenvalue weighted by molar-refractivity contribution is -0.143.